The van der Waals surface area contributed by atoms with Gasteiger partial charge in [-0.05, 0) is 38.5 Å². The van der Waals surface area contributed by atoms with Gasteiger partial charge in [0.2, 0.25) is 0 Å². The van der Waals surface area contributed by atoms with E-state index in [9.17, 15) is 14.4 Å². The molecule has 0 fully saturated rings. The molecule has 6 nitrogen and oxygen atoms in total. The maximum Gasteiger partial charge on any atom is 0.306 e. The van der Waals surface area contributed by atoms with Crippen LogP contribution in [0.2, 0.25) is 0 Å². The second kappa shape index (κ2) is 49.3. The molecule has 0 aromatic heterocycles. The summed E-state index contributed by atoms with van der Waals surface area (Å²) in [5.41, 5.74) is 0. The van der Waals surface area contributed by atoms with Gasteiger partial charge in [-0.25, -0.2) is 0 Å². The van der Waals surface area contributed by atoms with Crippen LogP contribution in [0.3, 0.4) is 0 Å². The summed E-state index contributed by atoms with van der Waals surface area (Å²) in [5.74, 6) is -0.875. The van der Waals surface area contributed by atoms with Crippen LogP contribution in [0.25, 0.3) is 0 Å². The van der Waals surface area contributed by atoms with Crippen molar-refractivity contribution < 1.29 is 28.6 Å². The maximum atomic E-state index is 12.8. The summed E-state index contributed by atoms with van der Waals surface area (Å²) in [5, 5.41) is 0. The van der Waals surface area contributed by atoms with Gasteiger partial charge in [-0.15, -0.1) is 0 Å². The Hall–Kier alpha value is -2.37. The Morgan fingerprint density at radius 3 is 1.00 bits per heavy atom. The van der Waals surface area contributed by atoms with Gasteiger partial charge in [-0.3, -0.25) is 14.4 Å². The SMILES string of the molecule is CC\C=C/C=C\C=C/CCCCCCCCCC(=O)OC(COC(=O)CCCCCCCCCCCC)COC(=O)CCCCCCCCCCCCCCCCCCC. The van der Waals surface area contributed by atoms with Crippen LogP contribution in [-0.4, -0.2) is 37.2 Å². The van der Waals surface area contributed by atoms with Crippen LogP contribution in [-0.2, 0) is 28.6 Å². The number of carbonyl (C=O) groups is 3. The summed E-state index contributed by atoms with van der Waals surface area (Å²) in [6.07, 6.45) is 57.0. The first-order valence-corrected chi connectivity index (χ1v) is 26.0. The first-order chi connectivity index (χ1) is 29.5. The van der Waals surface area contributed by atoms with Gasteiger partial charge in [0.1, 0.15) is 13.2 Å². The van der Waals surface area contributed by atoms with Crippen molar-refractivity contribution in [3.63, 3.8) is 0 Å². The van der Waals surface area contributed by atoms with Crippen LogP contribution in [0.1, 0.15) is 271 Å². The minimum absolute atomic E-state index is 0.0730. The Labute approximate surface area is 372 Å². The maximum absolute atomic E-state index is 12.8. The average Bonchev–Trinajstić information content (AvgIpc) is 3.24. The zero-order valence-electron chi connectivity index (χ0n) is 40.0. The third kappa shape index (κ3) is 46.7. The lowest BCUT2D eigenvalue weighted by Crippen LogP contribution is -2.30. The van der Waals surface area contributed by atoms with Crippen molar-refractivity contribution in [2.24, 2.45) is 0 Å². The zero-order valence-corrected chi connectivity index (χ0v) is 40.0. The van der Waals surface area contributed by atoms with E-state index in [4.69, 9.17) is 14.2 Å². The normalized spacial score (nSPS) is 12.2. The molecular formula is C54H98O6. The Balaban J connectivity index is 4.31. The quantitative estimate of drug-likeness (QED) is 0.0263. The number of ether oxygens (including phenoxy) is 3. The van der Waals surface area contributed by atoms with Gasteiger partial charge in [0, 0.05) is 19.3 Å². The molecule has 0 saturated carbocycles. The highest BCUT2D eigenvalue weighted by Crippen LogP contribution is 2.16. The number of carbonyl (C=O) groups excluding carboxylic acids is 3. The highest BCUT2D eigenvalue weighted by atomic mass is 16.6. The first kappa shape index (κ1) is 57.6. The molecule has 0 aromatic rings. The van der Waals surface area contributed by atoms with Crippen molar-refractivity contribution in [3.05, 3.63) is 36.5 Å². The Morgan fingerprint density at radius 2 is 0.650 bits per heavy atom. The van der Waals surface area contributed by atoms with E-state index in [-0.39, 0.29) is 31.1 Å². The summed E-state index contributed by atoms with van der Waals surface area (Å²) in [6.45, 7) is 6.51. The number of hydrogen-bond donors (Lipinski definition) is 0. The second-order valence-corrected chi connectivity index (χ2v) is 17.5. The molecule has 350 valence electrons. The fraction of sp³-hybridized carbons (Fsp3) is 0.833. The standard InChI is InChI=1S/C54H98O6/c1-4-7-10-13-16-19-22-24-26-27-29-30-32-35-38-41-44-47-53(56)59-50-51(49-58-52(55)46-43-40-37-34-21-18-15-12-9-6-3)60-54(57)48-45-42-39-36-33-31-28-25-23-20-17-14-11-8-5-2/h8,11,14,17,20,23,51H,4-7,9-10,12-13,15-16,18-19,21-22,24-50H2,1-3H3/b11-8-,17-14-,23-20-. The molecule has 0 saturated heterocycles. The summed E-state index contributed by atoms with van der Waals surface area (Å²) in [6, 6.07) is 0. The smallest absolute Gasteiger partial charge is 0.306 e. The van der Waals surface area contributed by atoms with Crippen LogP contribution in [0, 0.1) is 0 Å². The molecule has 0 N–H and O–H groups in total. The van der Waals surface area contributed by atoms with Crippen LogP contribution in [0.4, 0.5) is 0 Å². The number of allylic oxidation sites excluding steroid dienone is 6. The van der Waals surface area contributed by atoms with E-state index < -0.39 is 6.10 Å². The molecule has 0 radical (unpaired) electrons. The molecule has 0 amide bonds. The molecular weight excluding hydrogens is 745 g/mol. The Morgan fingerprint density at radius 1 is 0.350 bits per heavy atom. The van der Waals surface area contributed by atoms with Crippen LogP contribution in [0.5, 0.6) is 0 Å². The van der Waals surface area contributed by atoms with Gasteiger partial charge in [-0.1, -0.05) is 250 Å². The van der Waals surface area contributed by atoms with Gasteiger partial charge in [0.05, 0.1) is 0 Å². The van der Waals surface area contributed by atoms with E-state index in [1.807, 2.05) is 0 Å². The topological polar surface area (TPSA) is 78.9 Å². The molecule has 60 heavy (non-hydrogen) atoms. The molecule has 0 aromatic carbocycles. The number of unbranched alkanes of at least 4 members (excludes halogenated alkanes) is 32. The van der Waals surface area contributed by atoms with Crippen LogP contribution in [0.15, 0.2) is 36.5 Å². The van der Waals surface area contributed by atoms with Crippen LogP contribution >= 0.6 is 0 Å². The molecule has 0 heterocycles. The molecule has 1 unspecified atom stereocenters. The fourth-order valence-electron chi connectivity index (χ4n) is 7.56. The zero-order chi connectivity index (χ0) is 43.7. The van der Waals surface area contributed by atoms with Gasteiger partial charge < -0.3 is 14.2 Å². The highest BCUT2D eigenvalue weighted by Gasteiger charge is 2.19. The van der Waals surface area contributed by atoms with Gasteiger partial charge >= 0.3 is 17.9 Å². The number of hydrogen-bond acceptors (Lipinski definition) is 6. The van der Waals surface area contributed by atoms with Crippen molar-refractivity contribution in [2.45, 2.75) is 277 Å². The van der Waals surface area contributed by atoms with Crippen molar-refractivity contribution >= 4 is 17.9 Å². The Kier molecular flexibility index (Phi) is 47.3. The van der Waals surface area contributed by atoms with E-state index >= 15 is 0 Å². The summed E-state index contributed by atoms with van der Waals surface area (Å²) in [7, 11) is 0. The Bertz CT molecular complexity index is 1020. The predicted octanol–water partition coefficient (Wildman–Crippen LogP) is 16.9. The van der Waals surface area contributed by atoms with Gasteiger partial charge in [0.25, 0.3) is 0 Å². The monoisotopic (exact) mass is 843 g/mol. The van der Waals surface area contributed by atoms with Gasteiger partial charge in [0.15, 0.2) is 6.10 Å². The summed E-state index contributed by atoms with van der Waals surface area (Å²) >= 11 is 0. The molecule has 0 bridgehead atoms. The lowest BCUT2D eigenvalue weighted by atomic mass is 10.0. The molecule has 1 atom stereocenters. The minimum Gasteiger partial charge on any atom is -0.462 e. The second-order valence-electron chi connectivity index (χ2n) is 17.5. The van der Waals surface area contributed by atoms with E-state index in [1.165, 1.54) is 161 Å². The highest BCUT2D eigenvalue weighted by molar-refractivity contribution is 5.71. The van der Waals surface area contributed by atoms with Crippen molar-refractivity contribution in [1.82, 2.24) is 0 Å². The van der Waals surface area contributed by atoms with E-state index in [1.54, 1.807) is 0 Å². The van der Waals surface area contributed by atoms with E-state index in [0.717, 1.165) is 70.6 Å². The molecule has 0 aliphatic heterocycles. The van der Waals surface area contributed by atoms with E-state index in [2.05, 4.69) is 57.2 Å². The van der Waals surface area contributed by atoms with Crippen molar-refractivity contribution in [2.75, 3.05) is 13.2 Å². The minimum atomic E-state index is -0.772. The predicted molar refractivity (Wildman–Crippen MR) is 256 cm³/mol. The average molecular weight is 843 g/mol. The molecule has 6 heteroatoms. The molecule has 0 spiro atoms. The van der Waals surface area contributed by atoms with E-state index in [0.29, 0.717) is 19.3 Å². The summed E-state index contributed by atoms with van der Waals surface area (Å²) in [4.78, 5) is 37.9. The molecule has 0 aliphatic carbocycles. The number of esters is 3. The molecule has 0 rings (SSSR count). The van der Waals surface area contributed by atoms with Crippen LogP contribution < -0.4 is 0 Å². The number of rotatable bonds is 47. The fourth-order valence-corrected chi connectivity index (χ4v) is 7.56. The lowest BCUT2D eigenvalue weighted by Gasteiger charge is -2.18. The van der Waals surface area contributed by atoms with Gasteiger partial charge in [-0.2, -0.15) is 0 Å². The lowest BCUT2D eigenvalue weighted by molar-refractivity contribution is -0.167. The van der Waals surface area contributed by atoms with Crippen molar-refractivity contribution in [1.29, 1.82) is 0 Å². The van der Waals surface area contributed by atoms with Crippen molar-refractivity contribution in [3.8, 4) is 0 Å². The third-order valence-electron chi connectivity index (χ3n) is 11.5. The first-order valence-electron chi connectivity index (χ1n) is 26.0. The molecule has 0 aliphatic rings. The summed E-state index contributed by atoms with van der Waals surface area (Å²) < 4.78 is 16.8. The largest absolute Gasteiger partial charge is 0.462 e. The third-order valence-corrected chi connectivity index (χ3v) is 11.5.